The van der Waals surface area contributed by atoms with Crippen LogP contribution in [0.1, 0.15) is 103 Å². The molecule has 0 atom stereocenters. The molecule has 0 saturated heterocycles. The van der Waals surface area contributed by atoms with Crippen molar-refractivity contribution in [1.29, 1.82) is 0 Å². The Balaban J connectivity index is 1.15. The summed E-state index contributed by atoms with van der Waals surface area (Å²) in [6, 6.07) is 42.5. The normalized spacial score (nSPS) is 18.1. The largest absolute Gasteiger partial charge is 0.456 e. The number of hydrogen-bond acceptors (Lipinski definition) is 3. The fourth-order valence-electron chi connectivity index (χ4n) is 9.81. The SMILES string of the molecule is CC1(C)CCC(C)(C)c2cc3c(cc21)oc1cc(N(c2ccc(-c4ccccc4)cc2)c2ccc4oc5cc6c(cc5c4c2)C(C)(C)CCC6(C)C)ccc13. The molecule has 6 aromatic carbocycles. The van der Waals surface area contributed by atoms with Crippen molar-refractivity contribution in [2.24, 2.45) is 0 Å². The summed E-state index contributed by atoms with van der Waals surface area (Å²) in [4.78, 5) is 2.36. The Morgan fingerprint density at radius 1 is 0.364 bits per heavy atom. The van der Waals surface area contributed by atoms with Gasteiger partial charge in [-0.15, -0.1) is 0 Å². The lowest BCUT2D eigenvalue weighted by molar-refractivity contribution is 0.332. The second kappa shape index (κ2) is 11.6. The lowest BCUT2D eigenvalue weighted by atomic mass is 9.63. The minimum Gasteiger partial charge on any atom is -0.456 e. The zero-order valence-electron chi connectivity index (χ0n) is 33.6. The number of rotatable bonds is 4. The third-order valence-electron chi connectivity index (χ3n) is 13.6. The Labute approximate surface area is 325 Å². The molecule has 2 aliphatic carbocycles. The standard InChI is InChI=1S/C52H51NO2/c1-49(2)22-24-51(5,6)43-30-47-39(28-41(43)49)37-20-18-36(27-46(37)55-47)53(34-16-14-33(15-17-34)32-12-10-9-11-13-32)35-19-21-45-38(26-35)40-29-42-44(31-48(40)54-45)52(7,8)25-23-50(42,3)4/h9-21,26-31H,22-25H2,1-8H3. The highest BCUT2D eigenvalue weighted by Crippen LogP contribution is 2.51. The molecule has 0 N–H and O–H groups in total. The van der Waals surface area contributed by atoms with Gasteiger partial charge in [-0.05, 0) is 147 Å². The second-order valence-electron chi connectivity index (χ2n) is 19.1. The molecule has 0 saturated carbocycles. The van der Waals surface area contributed by atoms with Gasteiger partial charge in [-0.3, -0.25) is 0 Å². The molecule has 2 aliphatic rings. The maximum Gasteiger partial charge on any atom is 0.137 e. The molecular weight excluding hydrogens is 671 g/mol. The van der Waals surface area contributed by atoms with Gasteiger partial charge < -0.3 is 13.7 Å². The Kier molecular flexibility index (Phi) is 7.23. The van der Waals surface area contributed by atoms with Crippen LogP contribution in [-0.2, 0) is 21.7 Å². The maximum absolute atomic E-state index is 6.78. The first-order chi connectivity index (χ1) is 26.2. The van der Waals surface area contributed by atoms with E-state index in [9.17, 15) is 0 Å². The molecule has 0 bridgehead atoms. The van der Waals surface area contributed by atoms with Gasteiger partial charge in [-0.2, -0.15) is 0 Å². The van der Waals surface area contributed by atoms with Crippen LogP contribution in [0, 0.1) is 0 Å². The van der Waals surface area contributed by atoms with Gasteiger partial charge in [0.15, 0.2) is 0 Å². The molecule has 2 aromatic heterocycles. The molecule has 0 fully saturated rings. The molecule has 10 rings (SSSR count). The average molecular weight is 722 g/mol. The van der Waals surface area contributed by atoms with Crippen molar-refractivity contribution in [3.63, 3.8) is 0 Å². The van der Waals surface area contributed by atoms with E-state index >= 15 is 0 Å². The van der Waals surface area contributed by atoms with Crippen LogP contribution in [0.2, 0.25) is 0 Å². The van der Waals surface area contributed by atoms with E-state index in [0.29, 0.717) is 0 Å². The van der Waals surface area contributed by atoms with Gasteiger partial charge in [0, 0.05) is 44.7 Å². The summed E-state index contributed by atoms with van der Waals surface area (Å²) < 4.78 is 13.4. The molecule has 55 heavy (non-hydrogen) atoms. The van der Waals surface area contributed by atoms with Gasteiger partial charge in [-0.25, -0.2) is 0 Å². The summed E-state index contributed by atoms with van der Waals surface area (Å²) in [5, 5.41) is 4.68. The van der Waals surface area contributed by atoms with Crippen LogP contribution >= 0.6 is 0 Å². The van der Waals surface area contributed by atoms with Crippen LogP contribution in [0.4, 0.5) is 17.1 Å². The predicted octanol–water partition coefficient (Wildman–Crippen LogP) is 15.3. The first kappa shape index (κ1) is 34.2. The molecule has 0 radical (unpaired) electrons. The Morgan fingerprint density at radius 3 is 1.36 bits per heavy atom. The number of benzene rings is 6. The highest BCUT2D eigenvalue weighted by molar-refractivity contribution is 6.09. The van der Waals surface area contributed by atoms with E-state index in [1.807, 2.05) is 0 Å². The lowest BCUT2D eigenvalue weighted by Gasteiger charge is -2.41. The van der Waals surface area contributed by atoms with Crippen LogP contribution < -0.4 is 4.90 Å². The molecule has 8 aromatic rings. The number of nitrogens with zero attached hydrogens (tertiary/aromatic N) is 1. The molecule has 3 nitrogen and oxygen atoms in total. The van der Waals surface area contributed by atoms with Crippen molar-refractivity contribution >= 4 is 60.9 Å². The Morgan fingerprint density at radius 2 is 0.782 bits per heavy atom. The monoisotopic (exact) mass is 721 g/mol. The van der Waals surface area contributed by atoms with E-state index in [-0.39, 0.29) is 21.7 Å². The maximum atomic E-state index is 6.78. The lowest BCUT2D eigenvalue weighted by Crippen LogP contribution is -2.33. The van der Waals surface area contributed by atoms with E-state index < -0.39 is 0 Å². The topological polar surface area (TPSA) is 29.5 Å². The van der Waals surface area contributed by atoms with E-state index in [2.05, 4.69) is 176 Å². The molecule has 0 amide bonds. The first-order valence-electron chi connectivity index (χ1n) is 20.2. The zero-order valence-corrected chi connectivity index (χ0v) is 33.6. The predicted molar refractivity (Wildman–Crippen MR) is 232 cm³/mol. The zero-order chi connectivity index (χ0) is 38.1. The van der Waals surface area contributed by atoms with Crippen molar-refractivity contribution < 1.29 is 8.83 Å². The first-order valence-corrected chi connectivity index (χ1v) is 20.2. The van der Waals surface area contributed by atoms with Gasteiger partial charge in [0.25, 0.3) is 0 Å². The van der Waals surface area contributed by atoms with Crippen LogP contribution in [0.25, 0.3) is 55.0 Å². The van der Waals surface area contributed by atoms with E-state index in [1.54, 1.807) is 0 Å². The minimum absolute atomic E-state index is 0.111. The molecule has 3 heteroatoms. The second-order valence-corrected chi connectivity index (χ2v) is 19.1. The highest BCUT2D eigenvalue weighted by atomic mass is 16.3. The van der Waals surface area contributed by atoms with Crippen LogP contribution in [0.15, 0.2) is 124 Å². The number of furan rings is 2. The summed E-state index contributed by atoms with van der Waals surface area (Å²) in [7, 11) is 0. The van der Waals surface area contributed by atoms with Gasteiger partial charge in [0.2, 0.25) is 0 Å². The van der Waals surface area contributed by atoms with Crippen molar-refractivity contribution in [2.75, 3.05) is 4.90 Å². The minimum atomic E-state index is 0.111. The van der Waals surface area contributed by atoms with Crippen LogP contribution in [-0.4, -0.2) is 0 Å². The van der Waals surface area contributed by atoms with Crippen molar-refractivity contribution in [2.45, 2.75) is 103 Å². The molecule has 0 aliphatic heterocycles. The van der Waals surface area contributed by atoms with Crippen molar-refractivity contribution in [1.82, 2.24) is 0 Å². The number of hydrogen-bond donors (Lipinski definition) is 0. The number of fused-ring (bicyclic) bond motifs is 8. The van der Waals surface area contributed by atoms with Gasteiger partial charge >= 0.3 is 0 Å². The highest BCUT2D eigenvalue weighted by Gasteiger charge is 2.39. The van der Waals surface area contributed by atoms with E-state index in [0.717, 1.165) is 50.2 Å². The van der Waals surface area contributed by atoms with Gasteiger partial charge in [-0.1, -0.05) is 97.9 Å². The van der Waals surface area contributed by atoms with Crippen LogP contribution in [0.5, 0.6) is 0 Å². The Hall–Kier alpha value is -5.28. The van der Waals surface area contributed by atoms with E-state index in [4.69, 9.17) is 8.83 Å². The molecular formula is C52H51NO2. The fourth-order valence-corrected chi connectivity index (χ4v) is 9.81. The average Bonchev–Trinajstić information content (AvgIpc) is 3.72. The van der Waals surface area contributed by atoms with Gasteiger partial charge in [0.05, 0.1) is 0 Å². The van der Waals surface area contributed by atoms with Crippen molar-refractivity contribution in [3.8, 4) is 11.1 Å². The molecule has 276 valence electrons. The summed E-state index contributed by atoms with van der Waals surface area (Å²) in [6.45, 7) is 19.1. The van der Waals surface area contributed by atoms with Crippen LogP contribution in [0.3, 0.4) is 0 Å². The molecule has 0 spiro atoms. The van der Waals surface area contributed by atoms with Gasteiger partial charge in [0.1, 0.15) is 22.3 Å². The van der Waals surface area contributed by atoms with Crippen molar-refractivity contribution in [3.05, 3.63) is 138 Å². The summed E-state index contributed by atoms with van der Waals surface area (Å²) in [6.07, 6.45) is 4.71. The summed E-state index contributed by atoms with van der Waals surface area (Å²) in [5.74, 6) is 0. The molecule has 0 unspecified atom stereocenters. The smallest absolute Gasteiger partial charge is 0.137 e. The number of anilines is 3. The van der Waals surface area contributed by atoms with E-state index in [1.165, 1.54) is 69.8 Å². The molecule has 2 heterocycles. The summed E-state index contributed by atoms with van der Waals surface area (Å²) in [5.41, 5.74) is 15.6. The summed E-state index contributed by atoms with van der Waals surface area (Å²) >= 11 is 0. The Bertz CT molecular complexity index is 2810. The quantitative estimate of drug-likeness (QED) is 0.181. The fraction of sp³-hybridized carbons (Fsp3) is 0.308. The third kappa shape index (κ3) is 5.37. The third-order valence-corrected chi connectivity index (χ3v) is 13.6.